The van der Waals surface area contributed by atoms with Crippen LogP contribution in [0.1, 0.15) is 31.0 Å². The first-order valence-corrected chi connectivity index (χ1v) is 7.26. The molecule has 1 heterocycles. The van der Waals surface area contributed by atoms with Crippen LogP contribution in [0.3, 0.4) is 0 Å². The molecule has 3 heteroatoms. The summed E-state index contributed by atoms with van der Waals surface area (Å²) in [5.74, 6) is 1.28. The Kier molecular flexibility index (Phi) is 3.82. The minimum atomic E-state index is 0.408. The van der Waals surface area contributed by atoms with Gasteiger partial charge >= 0.3 is 0 Å². The van der Waals surface area contributed by atoms with Crippen LogP contribution in [0.25, 0.3) is 10.8 Å². The Morgan fingerprint density at radius 3 is 2.67 bits per heavy atom. The molecule has 0 bridgehead atoms. The molecule has 0 unspecified atom stereocenters. The third-order valence-corrected chi connectivity index (χ3v) is 3.62. The van der Waals surface area contributed by atoms with Crippen molar-refractivity contribution in [1.29, 1.82) is 0 Å². The van der Waals surface area contributed by atoms with Crippen LogP contribution in [0.2, 0.25) is 0 Å². The molecule has 106 valence electrons. The van der Waals surface area contributed by atoms with E-state index in [1.165, 1.54) is 16.3 Å². The van der Waals surface area contributed by atoms with Gasteiger partial charge in [-0.2, -0.15) is 0 Å². The molecule has 0 aliphatic rings. The van der Waals surface area contributed by atoms with Crippen LogP contribution >= 0.6 is 0 Å². The number of benzene rings is 2. The van der Waals surface area contributed by atoms with E-state index in [0.29, 0.717) is 5.92 Å². The van der Waals surface area contributed by atoms with E-state index in [0.717, 1.165) is 18.1 Å². The minimum Gasteiger partial charge on any atom is -0.366 e. The number of nitrogens with one attached hydrogen (secondary N) is 1. The summed E-state index contributed by atoms with van der Waals surface area (Å²) in [6, 6.07) is 16.9. The van der Waals surface area contributed by atoms with Crippen LogP contribution < -0.4 is 5.32 Å². The number of aromatic nitrogens is 2. The normalized spacial score (nSPS) is 11.0. The SMILES string of the molecule is CC(C)c1cc(NCc2cccc3ccccc23)ncn1. The van der Waals surface area contributed by atoms with Crippen LogP contribution in [-0.2, 0) is 6.54 Å². The lowest BCUT2D eigenvalue weighted by molar-refractivity contribution is 0.814. The number of nitrogens with zero attached hydrogens (tertiary/aromatic N) is 2. The third-order valence-electron chi connectivity index (χ3n) is 3.62. The fourth-order valence-electron chi connectivity index (χ4n) is 2.42. The van der Waals surface area contributed by atoms with E-state index in [-0.39, 0.29) is 0 Å². The molecule has 1 N–H and O–H groups in total. The molecule has 2 aromatic carbocycles. The van der Waals surface area contributed by atoms with E-state index >= 15 is 0 Å². The van der Waals surface area contributed by atoms with Gasteiger partial charge in [0.2, 0.25) is 0 Å². The first kappa shape index (κ1) is 13.6. The molecule has 0 saturated carbocycles. The summed E-state index contributed by atoms with van der Waals surface area (Å²) in [6.07, 6.45) is 1.63. The van der Waals surface area contributed by atoms with Crippen molar-refractivity contribution < 1.29 is 0 Å². The Bertz CT molecular complexity index is 745. The second kappa shape index (κ2) is 5.92. The Morgan fingerprint density at radius 1 is 1.00 bits per heavy atom. The van der Waals surface area contributed by atoms with E-state index in [9.17, 15) is 0 Å². The van der Waals surface area contributed by atoms with Crippen molar-refractivity contribution >= 4 is 16.6 Å². The van der Waals surface area contributed by atoms with Gasteiger partial charge in [0, 0.05) is 18.3 Å². The molecular weight excluding hydrogens is 258 g/mol. The summed E-state index contributed by atoms with van der Waals surface area (Å²) in [7, 11) is 0. The Morgan fingerprint density at radius 2 is 1.81 bits per heavy atom. The smallest absolute Gasteiger partial charge is 0.129 e. The van der Waals surface area contributed by atoms with Crippen molar-refractivity contribution in [2.45, 2.75) is 26.3 Å². The first-order chi connectivity index (χ1) is 10.2. The zero-order valence-electron chi connectivity index (χ0n) is 12.4. The fraction of sp³-hybridized carbons (Fsp3) is 0.222. The summed E-state index contributed by atoms with van der Waals surface area (Å²) in [5.41, 5.74) is 2.34. The highest BCUT2D eigenvalue weighted by atomic mass is 15.0. The summed E-state index contributed by atoms with van der Waals surface area (Å²) in [5, 5.41) is 5.95. The first-order valence-electron chi connectivity index (χ1n) is 7.26. The standard InChI is InChI=1S/C18H19N3/c1-13(2)17-10-18(21-12-20-17)19-11-15-8-5-7-14-6-3-4-9-16(14)15/h3-10,12-13H,11H2,1-2H3,(H,19,20,21). The van der Waals surface area contributed by atoms with Gasteiger partial charge in [0.25, 0.3) is 0 Å². The second-order valence-electron chi connectivity index (χ2n) is 5.47. The van der Waals surface area contributed by atoms with Crippen molar-refractivity contribution in [2.75, 3.05) is 5.32 Å². The van der Waals surface area contributed by atoms with Crippen molar-refractivity contribution in [3.63, 3.8) is 0 Å². The average molecular weight is 277 g/mol. The Hall–Kier alpha value is -2.42. The van der Waals surface area contributed by atoms with Crippen LogP contribution in [-0.4, -0.2) is 9.97 Å². The van der Waals surface area contributed by atoms with Gasteiger partial charge in [-0.3, -0.25) is 0 Å². The third kappa shape index (κ3) is 3.02. The molecule has 3 rings (SSSR count). The number of hydrogen-bond donors (Lipinski definition) is 1. The van der Waals surface area contributed by atoms with Gasteiger partial charge in [0.15, 0.2) is 0 Å². The number of hydrogen-bond acceptors (Lipinski definition) is 3. The largest absolute Gasteiger partial charge is 0.366 e. The molecule has 0 saturated heterocycles. The highest BCUT2D eigenvalue weighted by Gasteiger charge is 2.04. The maximum atomic E-state index is 4.29. The maximum absolute atomic E-state index is 4.29. The fourth-order valence-corrected chi connectivity index (χ4v) is 2.42. The molecule has 1 aromatic heterocycles. The maximum Gasteiger partial charge on any atom is 0.129 e. The average Bonchev–Trinajstić information content (AvgIpc) is 2.53. The molecule has 0 aliphatic carbocycles. The van der Waals surface area contributed by atoms with Crippen molar-refractivity contribution in [3.05, 3.63) is 66.1 Å². The lowest BCUT2D eigenvalue weighted by Gasteiger charge is -2.10. The molecule has 0 radical (unpaired) electrons. The lowest BCUT2D eigenvalue weighted by atomic mass is 10.0. The molecule has 3 nitrogen and oxygen atoms in total. The van der Waals surface area contributed by atoms with Gasteiger partial charge in [-0.1, -0.05) is 56.3 Å². The summed E-state index contributed by atoms with van der Waals surface area (Å²) in [6.45, 7) is 5.03. The van der Waals surface area contributed by atoms with Gasteiger partial charge in [-0.25, -0.2) is 9.97 Å². The van der Waals surface area contributed by atoms with E-state index in [2.05, 4.69) is 71.6 Å². The Labute approximate surface area is 125 Å². The quantitative estimate of drug-likeness (QED) is 0.769. The molecule has 21 heavy (non-hydrogen) atoms. The molecule has 0 spiro atoms. The number of rotatable bonds is 4. The van der Waals surface area contributed by atoms with Gasteiger partial charge in [0.05, 0.1) is 0 Å². The number of anilines is 1. The summed E-state index contributed by atoms with van der Waals surface area (Å²) in [4.78, 5) is 8.59. The van der Waals surface area contributed by atoms with E-state index in [1.807, 2.05) is 6.07 Å². The van der Waals surface area contributed by atoms with E-state index in [1.54, 1.807) is 6.33 Å². The van der Waals surface area contributed by atoms with Crippen molar-refractivity contribution in [2.24, 2.45) is 0 Å². The highest BCUT2D eigenvalue weighted by molar-refractivity contribution is 5.85. The van der Waals surface area contributed by atoms with E-state index < -0.39 is 0 Å². The monoisotopic (exact) mass is 277 g/mol. The number of fused-ring (bicyclic) bond motifs is 1. The minimum absolute atomic E-state index is 0.408. The van der Waals surface area contributed by atoms with Crippen LogP contribution in [0.15, 0.2) is 54.9 Å². The van der Waals surface area contributed by atoms with Gasteiger partial charge in [0.1, 0.15) is 12.1 Å². The molecule has 0 amide bonds. The Balaban J connectivity index is 1.82. The van der Waals surface area contributed by atoms with Crippen LogP contribution in [0, 0.1) is 0 Å². The molecule has 3 aromatic rings. The zero-order chi connectivity index (χ0) is 14.7. The van der Waals surface area contributed by atoms with Crippen LogP contribution in [0.4, 0.5) is 5.82 Å². The topological polar surface area (TPSA) is 37.8 Å². The zero-order valence-corrected chi connectivity index (χ0v) is 12.4. The van der Waals surface area contributed by atoms with Crippen molar-refractivity contribution in [3.8, 4) is 0 Å². The molecule has 0 aliphatic heterocycles. The summed E-state index contributed by atoms with van der Waals surface area (Å²) < 4.78 is 0. The van der Waals surface area contributed by atoms with Gasteiger partial charge in [-0.05, 0) is 22.3 Å². The predicted molar refractivity (Wildman–Crippen MR) is 87.4 cm³/mol. The molecule has 0 fully saturated rings. The second-order valence-corrected chi connectivity index (χ2v) is 5.47. The van der Waals surface area contributed by atoms with Gasteiger partial charge in [-0.15, -0.1) is 0 Å². The highest BCUT2D eigenvalue weighted by Crippen LogP contribution is 2.20. The molecule has 0 atom stereocenters. The van der Waals surface area contributed by atoms with Crippen molar-refractivity contribution in [1.82, 2.24) is 9.97 Å². The van der Waals surface area contributed by atoms with Gasteiger partial charge < -0.3 is 5.32 Å². The lowest BCUT2D eigenvalue weighted by Crippen LogP contribution is -2.04. The van der Waals surface area contributed by atoms with Crippen LogP contribution in [0.5, 0.6) is 0 Å². The summed E-state index contributed by atoms with van der Waals surface area (Å²) >= 11 is 0. The van der Waals surface area contributed by atoms with E-state index in [4.69, 9.17) is 0 Å². The predicted octanol–water partition coefficient (Wildman–Crippen LogP) is 4.37. The molecular formula is C18H19N3.